The molecule has 1 aliphatic heterocycles. The van der Waals surface area contributed by atoms with Gasteiger partial charge in [-0.05, 0) is 36.3 Å². The third-order valence-electron chi connectivity index (χ3n) is 3.36. The van der Waals surface area contributed by atoms with Crippen molar-refractivity contribution >= 4 is 27.8 Å². The van der Waals surface area contributed by atoms with Crippen LogP contribution in [0.2, 0.25) is 0 Å². The van der Waals surface area contributed by atoms with E-state index in [4.69, 9.17) is 5.11 Å². The highest BCUT2D eigenvalue weighted by Gasteiger charge is 2.18. The van der Waals surface area contributed by atoms with E-state index in [2.05, 4.69) is 4.72 Å². The monoisotopic (exact) mass is 329 g/mol. The summed E-state index contributed by atoms with van der Waals surface area (Å²) in [7, 11) is -3.38. The highest BCUT2D eigenvalue weighted by Crippen LogP contribution is 2.24. The number of sulfonamides is 1. The van der Waals surface area contributed by atoms with Gasteiger partial charge in [0.1, 0.15) is 0 Å². The first kappa shape index (κ1) is 16.3. The van der Waals surface area contributed by atoms with Crippen LogP contribution in [0, 0.1) is 0 Å². The molecule has 0 bridgehead atoms. The molecule has 1 atom stereocenters. The van der Waals surface area contributed by atoms with Crippen molar-refractivity contribution in [3.63, 3.8) is 0 Å². The molecule has 1 aromatic carbocycles. The molecule has 0 aromatic heterocycles. The molecular weight excluding hydrogens is 310 g/mol. The predicted molar refractivity (Wildman–Crippen MR) is 84.1 cm³/mol. The summed E-state index contributed by atoms with van der Waals surface area (Å²) in [5.41, 5.74) is 0.742. The Bertz CT molecular complexity index is 577. The highest BCUT2D eigenvalue weighted by atomic mass is 32.2. The van der Waals surface area contributed by atoms with E-state index < -0.39 is 16.0 Å². The van der Waals surface area contributed by atoms with Crippen molar-refractivity contribution in [2.45, 2.75) is 30.3 Å². The molecule has 2 rings (SSSR count). The summed E-state index contributed by atoms with van der Waals surface area (Å²) < 4.78 is 26.7. The van der Waals surface area contributed by atoms with Crippen LogP contribution in [0.4, 0.5) is 0 Å². The van der Waals surface area contributed by atoms with Crippen LogP contribution in [0.25, 0.3) is 0 Å². The zero-order chi connectivity index (χ0) is 15.3. The van der Waals surface area contributed by atoms with Crippen molar-refractivity contribution in [3.8, 4) is 0 Å². The van der Waals surface area contributed by atoms with Gasteiger partial charge in [-0.25, -0.2) is 17.9 Å². The molecule has 1 saturated heterocycles. The molecule has 1 heterocycles. The maximum absolute atomic E-state index is 12.0. The fourth-order valence-corrected chi connectivity index (χ4v) is 4.73. The Morgan fingerprint density at radius 2 is 2.00 bits per heavy atom. The molecule has 1 unspecified atom stereocenters. The van der Waals surface area contributed by atoms with Crippen LogP contribution in [0.5, 0.6) is 0 Å². The Balaban J connectivity index is 1.89. The normalized spacial score (nSPS) is 19.3. The fourth-order valence-electron chi connectivity index (χ4n) is 2.20. The standard InChI is InChI=1S/C14H19NO4S2/c16-14(17)12-6-4-11(5-7-12)10-21(18,19)15-9-13-3-1-2-8-20-13/h4-7,13,15H,1-3,8-10H2,(H,16,17). The molecule has 0 spiro atoms. The van der Waals surface area contributed by atoms with Crippen molar-refractivity contribution in [3.05, 3.63) is 35.4 Å². The Kier molecular flexibility index (Phi) is 5.66. The molecule has 1 fully saturated rings. The quantitative estimate of drug-likeness (QED) is 0.835. The average molecular weight is 329 g/mol. The summed E-state index contributed by atoms with van der Waals surface area (Å²) in [6.45, 7) is 0.472. The van der Waals surface area contributed by atoms with Crippen LogP contribution in [0.15, 0.2) is 24.3 Å². The second-order valence-corrected chi connectivity index (χ2v) is 8.31. The number of carboxylic acid groups (broad SMARTS) is 1. The van der Waals surface area contributed by atoms with Crippen LogP contribution in [-0.4, -0.2) is 37.0 Å². The number of aromatic carboxylic acids is 1. The number of thioether (sulfide) groups is 1. The Morgan fingerprint density at radius 3 is 2.57 bits per heavy atom. The van der Waals surface area contributed by atoms with E-state index in [0.29, 0.717) is 17.4 Å². The number of hydrogen-bond acceptors (Lipinski definition) is 4. The second kappa shape index (κ2) is 7.29. The van der Waals surface area contributed by atoms with Gasteiger partial charge in [0, 0.05) is 11.8 Å². The molecule has 5 nitrogen and oxygen atoms in total. The van der Waals surface area contributed by atoms with E-state index in [0.717, 1.165) is 18.6 Å². The summed E-state index contributed by atoms with van der Waals surface area (Å²) in [4.78, 5) is 10.7. The fraction of sp³-hybridized carbons (Fsp3) is 0.500. The second-order valence-electron chi connectivity index (χ2n) is 5.10. The van der Waals surface area contributed by atoms with Gasteiger partial charge in [-0.1, -0.05) is 18.6 Å². The van der Waals surface area contributed by atoms with Gasteiger partial charge in [0.15, 0.2) is 0 Å². The molecule has 0 saturated carbocycles. The van der Waals surface area contributed by atoms with E-state index in [-0.39, 0.29) is 11.3 Å². The van der Waals surface area contributed by atoms with Crippen LogP contribution in [-0.2, 0) is 15.8 Å². The van der Waals surface area contributed by atoms with Crippen LogP contribution in [0.1, 0.15) is 35.2 Å². The summed E-state index contributed by atoms with van der Waals surface area (Å²) in [6, 6.07) is 5.92. The summed E-state index contributed by atoms with van der Waals surface area (Å²) in [6.07, 6.45) is 3.43. The minimum Gasteiger partial charge on any atom is -0.478 e. The first-order chi connectivity index (χ1) is 9.96. The van der Waals surface area contributed by atoms with Gasteiger partial charge in [0.25, 0.3) is 0 Å². The topological polar surface area (TPSA) is 83.5 Å². The zero-order valence-corrected chi connectivity index (χ0v) is 13.3. The summed E-state index contributed by atoms with van der Waals surface area (Å²) in [5, 5.41) is 9.17. The molecular formula is C14H19NO4S2. The van der Waals surface area contributed by atoms with Gasteiger partial charge in [-0.2, -0.15) is 11.8 Å². The van der Waals surface area contributed by atoms with Crippen LogP contribution >= 0.6 is 11.8 Å². The first-order valence-electron chi connectivity index (χ1n) is 6.87. The Morgan fingerprint density at radius 1 is 1.29 bits per heavy atom. The predicted octanol–water partition coefficient (Wildman–Crippen LogP) is 2.09. The number of hydrogen-bond donors (Lipinski definition) is 2. The van der Waals surface area contributed by atoms with Gasteiger partial charge >= 0.3 is 5.97 Å². The van der Waals surface area contributed by atoms with Crippen LogP contribution < -0.4 is 4.72 Å². The van der Waals surface area contributed by atoms with E-state index in [1.807, 2.05) is 11.8 Å². The molecule has 116 valence electrons. The van der Waals surface area contributed by atoms with Gasteiger partial charge in [-0.3, -0.25) is 0 Å². The van der Waals surface area contributed by atoms with Crippen molar-refractivity contribution in [2.24, 2.45) is 0 Å². The average Bonchev–Trinajstić information content (AvgIpc) is 2.46. The molecule has 2 N–H and O–H groups in total. The smallest absolute Gasteiger partial charge is 0.335 e. The lowest BCUT2D eigenvalue weighted by Crippen LogP contribution is -2.32. The number of carbonyl (C=O) groups is 1. The Labute approximate surface area is 129 Å². The van der Waals surface area contributed by atoms with Crippen molar-refractivity contribution in [1.29, 1.82) is 0 Å². The minimum absolute atomic E-state index is 0.121. The van der Waals surface area contributed by atoms with Crippen molar-refractivity contribution < 1.29 is 18.3 Å². The lowest BCUT2D eigenvalue weighted by Gasteiger charge is -2.21. The van der Waals surface area contributed by atoms with Crippen molar-refractivity contribution in [1.82, 2.24) is 4.72 Å². The SMILES string of the molecule is O=C(O)c1ccc(CS(=O)(=O)NCC2CCCCS2)cc1. The van der Waals surface area contributed by atoms with E-state index >= 15 is 0 Å². The van der Waals surface area contributed by atoms with Gasteiger partial charge in [0.05, 0.1) is 11.3 Å². The lowest BCUT2D eigenvalue weighted by atomic mass is 10.1. The first-order valence-corrected chi connectivity index (χ1v) is 9.57. The Hall–Kier alpha value is -1.05. The third kappa shape index (κ3) is 5.33. The largest absolute Gasteiger partial charge is 0.478 e. The van der Waals surface area contributed by atoms with Crippen molar-refractivity contribution in [2.75, 3.05) is 12.3 Å². The molecule has 0 aliphatic carbocycles. The molecule has 7 heteroatoms. The third-order valence-corrected chi connectivity index (χ3v) is 6.08. The highest BCUT2D eigenvalue weighted by molar-refractivity contribution is 8.00. The molecule has 1 aliphatic rings. The van der Waals surface area contributed by atoms with E-state index in [1.165, 1.54) is 30.7 Å². The molecule has 0 amide bonds. The summed E-state index contributed by atoms with van der Waals surface area (Å²) in [5.74, 6) is -0.0373. The number of benzene rings is 1. The van der Waals surface area contributed by atoms with E-state index in [9.17, 15) is 13.2 Å². The van der Waals surface area contributed by atoms with Gasteiger partial charge in [0.2, 0.25) is 10.0 Å². The number of carboxylic acids is 1. The van der Waals surface area contributed by atoms with Crippen LogP contribution in [0.3, 0.4) is 0 Å². The van der Waals surface area contributed by atoms with Gasteiger partial charge < -0.3 is 5.11 Å². The molecule has 0 radical (unpaired) electrons. The minimum atomic E-state index is -3.38. The van der Waals surface area contributed by atoms with Gasteiger partial charge in [-0.15, -0.1) is 0 Å². The maximum Gasteiger partial charge on any atom is 0.335 e. The van der Waals surface area contributed by atoms with E-state index in [1.54, 1.807) is 0 Å². The molecule has 21 heavy (non-hydrogen) atoms. The zero-order valence-electron chi connectivity index (χ0n) is 11.6. The summed E-state index contributed by atoms with van der Waals surface area (Å²) >= 11 is 1.82. The number of nitrogens with one attached hydrogen (secondary N) is 1. The lowest BCUT2D eigenvalue weighted by molar-refractivity contribution is 0.0697. The number of rotatable bonds is 6. The maximum atomic E-state index is 12.0. The molecule has 1 aromatic rings.